The number of nitrogens with one attached hydrogen (secondary N) is 1. The molecular weight excluding hydrogens is 436 g/mol. The molecule has 0 spiro atoms. The van der Waals surface area contributed by atoms with Crippen molar-refractivity contribution >= 4 is 11.9 Å². The summed E-state index contributed by atoms with van der Waals surface area (Å²) in [6, 6.07) is 18.2. The monoisotopic (exact) mass is 476 g/mol. The molecule has 5 heteroatoms. The van der Waals surface area contributed by atoms with E-state index in [-0.39, 0.29) is 18.3 Å². The summed E-state index contributed by atoms with van der Waals surface area (Å²) in [6.45, 7) is 7.18. The van der Waals surface area contributed by atoms with Gasteiger partial charge in [0.2, 0.25) is 5.91 Å². The molecule has 1 saturated heterocycles. The van der Waals surface area contributed by atoms with E-state index >= 15 is 0 Å². The first kappa shape index (κ1) is 25.4. The molecule has 1 saturated carbocycles. The Balaban J connectivity index is 1.38. The lowest BCUT2D eigenvalue weighted by atomic mass is 9.77. The van der Waals surface area contributed by atoms with Crippen molar-refractivity contribution in [2.45, 2.75) is 76.7 Å². The Labute approximate surface area is 210 Å². The molecule has 0 aromatic heterocycles. The molecule has 1 amide bonds. The van der Waals surface area contributed by atoms with Crippen molar-refractivity contribution in [3.8, 4) is 11.1 Å². The minimum absolute atomic E-state index is 0.0312. The van der Waals surface area contributed by atoms with Crippen LogP contribution in [0.15, 0.2) is 48.5 Å². The molecule has 2 aromatic carbocycles. The zero-order chi connectivity index (χ0) is 24.7. The van der Waals surface area contributed by atoms with Crippen LogP contribution in [0, 0.1) is 0 Å². The van der Waals surface area contributed by atoms with Gasteiger partial charge in [0.05, 0.1) is 18.4 Å². The first-order valence-electron chi connectivity index (χ1n) is 13.4. The normalized spacial score (nSPS) is 19.5. The van der Waals surface area contributed by atoms with Crippen LogP contribution in [-0.4, -0.2) is 49.1 Å². The molecule has 2 aromatic rings. The summed E-state index contributed by atoms with van der Waals surface area (Å²) in [4.78, 5) is 27.4. The SMILES string of the molecule is CCOC(=O)CCNC(=O)C1(c2ccc(-c3ccc(CCN4CCCC4C)cc3)cc2)CCCC1. The molecule has 5 nitrogen and oxygen atoms in total. The third kappa shape index (κ3) is 6.13. The standard InChI is InChI=1S/C30H40N2O3/c1-3-35-28(33)16-20-31-29(34)30(18-4-5-19-30)27-14-12-26(13-15-27)25-10-8-24(9-11-25)17-22-32-21-6-7-23(32)2/h8-15,23H,3-7,16-22H2,1-2H3,(H,31,34). The van der Waals surface area contributed by atoms with Crippen molar-refractivity contribution in [1.82, 2.24) is 10.2 Å². The highest BCUT2D eigenvalue weighted by atomic mass is 16.5. The molecule has 35 heavy (non-hydrogen) atoms. The fourth-order valence-electron chi connectivity index (χ4n) is 5.75. The Morgan fingerprint density at radius 2 is 1.66 bits per heavy atom. The van der Waals surface area contributed by atoms with Crippen LogP contribution < -0.4 is 5.32 Å². The summed E-state index contributed by atoms with van der Waals surface area (Å²) in [6.07, 6.45) is 7.75. The van der Waals surface area contributed by atoms with E-state index in [9.17, 15) is 9.59 Å². The van der Waals surface area contributed by atoms with Crippen molar-refractivity contribution in [3.63, 3.8) is 0 Å². The topological polar surface area (TPSA) is 58.6 Å². The Bertz CT molecular complexity index is 978. The number of esters is 1. The van der Waals surface area contributed by atoms with E-state index in [2.05, 4.69) is 65.7 Å². The number of carbonyl (C=O) groups is 2. The van der Waals surface area contributed by atoms with Crippen LogP contribution in [0.3, 0.4) is 0 Å². The average Bonchev–Trinajstić information content (AvgIpc) is 3.53. The minimum Gasteiger partial charge on any atom is -0.466 e. The average molecular weight is 477 g/mol. The summed E-state index contributed by atoms with van der Waals surface area (Å²) >= 11 is 0. The van der Waals surface area contributed by atoms with E-state index in [1.807, 2.05) is 0 Å². The van der Waals surface area contributed by atoms with Gasteiger partial charge in [-0.2, -0.15) is 0 Å². The molecule has 1 atom stereocenters. The van der Waals surface area contributed by atoms with Crippen molar-refractivity contribution in [2.75, 3.05) is 26.2 Å². The molecule has 1 N–H and O–H groups in total. The number of hydrogen-bond acceptors (Lipinski definition) is 4. The van der Waals surface area contributed by atoms with Gasteiger partial charge in [0.25, 0.3) is 0 Å². The second kappa shape index (κ2) is 11.9. The zero-order valence-corrected chi connectivity index (χ0v) is 21.4. The Morgan fingerprint density at radius 3 is 2.26 bits per heavy atom. The van der Waals surface area contributed by atoms with Crippen LogP contribution in [0.25, 0.3) is 11.1 Å². The fraction of sp³-hybridized carbons (Fsp3) is 0.533. The van der Waals surface area contributed by atoms with Crippen molar-refractivity contribution in [2.24, 2.45) is 0 Å². The number of benzene rings is 2. The van der Waals surface area contributed by atoms with Crippen LogP contribution in [0.5, 0.6) is 0 Å². The number of amides is 1. The molecular formula is C30H40N2O3. The molecule has 1 heterocycles. The van der Waals surface area contributed by atoms with E-state index in [1.54, 1.807) is 6.92 Å². The number of hydrogen-bond donors (Lipinski definition) is 1. The van der Waals surface area contributed by atoms with Crippen LogP contribution >= 0.6 is 0 Å². The highest BCUT2D eigenvalue weighted by Crippen LogP contribution is 2.42. The predicted molar refractivity (Wildman–Crippen MR) is 140 cm³/mol. The van der Waals surface area contributed by atoms with E-state index in [0.29, 0.717) is 13.2 Å². The number of ether oxygens (including phenoxy) is 1. The molecule has 188 valence electrons. The van der Waals surface area contributed by atoms with Gasteiger partial charge in [0, 0.05) is 19.1 Å². The van der Waals surface area contributed by atoms with Gasteiger partial charge < -0.3 is 15.0 Å². The van der Waals surface area contributed by atoms with Crippen LogP contribution in [0.2, 0.25) is 0 Å². The summed E-state index contributed by atoms with van der Waals surface area (Å²) in [5.41, 5.74) is 4.33. The molecule has 0 bridgehead atoms. The molecule has 1 aliphatic carbocycles. The summed E-state index contributed by atoms with van der Waals surface area (Å²) in [5, 5.41) is 3.00. The lowest BCUT2D eigenvalue weighted by molar-refractivity contribution is -0.143. The summed E-state index contributed by atoms with van der Waals surface area (Å²) in [7, 11) is 0. The van der Waals surface area contributed by atoms with Gasteiger partial charge in [-0.15, -0.1) is 0 Å². The molecule has 1 aliphatic heterocycles. The van der Waals surface area contributed by atoms with E-state index in [4.69, 9.17) is 4.74 Å². The Morgan fingerprint density at radius 1 is 1.00 bits per heavy atom. The Kier molecular flexibility index (Phi) is 8.61. The van der Waals surface area contributed by atoms with Gasteiger partial charge in [-0.1, -0.05) is 61.4 Å². The minimum atomic E-state index is -0.496. The van der Waals surface area contributed by atoms with E-state index in [1.165, 1.54) is 36.1 Å². The zero-order valence-electron chi connectivity index (χ0n) is 21.4. The number of rotatable bonds is 10. The maximum absolute atomic E-state index is 13.2. The van der Waals surface area contributed by atoms with Gasteiger partial charge >= 0.3 is 5.97 Å². The third-order valence-corrected chi connectivity index (χ3v) is 7.91. The van der Waals surface area contributed by atoms with Gasteiger partial charge in [-0.3, -0.25) is 9.59 Å². The molecule has 4 rings (SSSR count). The Hall–Kier alpha value is -2.66. The lowest BCUT2D eigenvalue weighted by Gasteiger charge is -2.28. The molecule has 2 fully saturated rings. The molecule has 0 radical (unpaired) electrons. The van der Waals surface area contributed by atoms with Crippen LogP contribution in [0.1, 0.15) is 69.9 Å². The maximum atomic E-state index is 13.2. The third-order valence-electron chi connectivity index (χ3n) is 7.91. The van der Waals surface area contributed by atoms with Crippen LogP contribution in [0.4, 0.5) is 0 Å². The summed E-state index contributed by atoms with van der Waals surface area (Å²) < 4.78 is 4.97. The number of carbonyl (C=O) groups excluding carboxylic acids is 2. The predicted octanol–water partition coefficient (Wildman–Crippen LogP) is 5.26. The second-order valence-corrected chi connectivity index (χ2v) is 10.2. The highest BCUT2D eigenvalue weighted by Gasteiger charge is 2.42. The van der Waals surface area contributed by atoms with Crippen molar-refractivity contribution in [1.29, 1.82) is 0 Å². The smallest absolute Gasteiger partial charge is 0.307 e. The first-order chi connectivity index (χ1) is 17.0. The van der Waals surface area contributed by atoms with Gasteiger partial charge in [0.1, 0.15) is 0 Å². The van der Waals surface area contributed by atoms with Crippen molar-refractivity contribution in [3.05, 3.63) is 59.7 Å². The van der Waals surface area contributed by atoms with E-state index in [0.717, 1.165) is 50.3 Å². The van der Waals surface area contributed by atoms with Crippen molar-refractivity contribution < 1.29 is 14.3 Å². The van der Waals surface area contributed by atoms with Gasteiger partial charge in [-0.05, 0) is 74.8 Å². The summed E-state index contributed by atoms with van der Waals surface area (Å²) in [5.74, 6) is -0.238. The quantitative estimate of drug-likeness (QED) is 0.475. The van der Waals surface area contributed by atoms with E-state index < -0.39 is 5.41 Å². The van der Waals surface area contributed by atoms with Crippen LogP contribution in [-0.2, 0) is 26.2 Å². The molecule has 2 aliphatic rings. The number of nitrogens with zero attached hydrogens (tertiary/aromatic N) is 1. The highest BCUT2D eigenvalue weighted by molar-refractivity contribution is 5.89. The second-order valence-electron chi connectivity index (χ2n) is 10.2. The maximum Gasteiger partial charge on any atom is 0.307 e. The lowest BCUT2D eigenvalue weighted by Crippen LogP contribution is -2.43. The number of likely N-dealkylation sites (tertiary alicyclic amines) is 1. The largest absolute Gasteiger partial charge is 0.466 e. The van der Waals surface area contributed by atoms with Gasteiger partial charge in [-0.25, -0.2) is 0 Å². The molecule has 1 unspecified atom stereocenters. The fourth-order valence-corrected chi connectivity index (χ4v) is 5.75. The first-order valence-corrected chi connectivity index (χ1v) is 13.4. The van der Waals surface area contributed by atoms with Gasteiger partial charge in [0.15, 0.2) is 0 Å².